The summed E-state index contributed by atoms with van der Waals surface area (Å²) in [6.07, 6.45) is 1.88. The van der Waals surface area contributed by atoms with Crippen LogP contribution in [0.3, 0.4) is 0 Å². The fourth-order valence-corrected chi connectivity index (χ4v) is 4.36. The molecule has 160 valence electrons. The van der Waals surface area contributed by atoms with Crippen LogP contribution in [0, 0.1) is 24.0 Å². The van der Waals surface area contributed by atoms with E-state index in [1.807, 2.05) is 54.7 Å². The molecule has 0 saturated carbocycles. The van der Waals surface area contributed by atoms with Gasteiger partial charge in [0.15, 0.2) is 0 Å². The molecule has 1 aromatic heterocycles. The molecule has 5 nitrogen and oxygen atoms in total. The van der Waals surface area contributed by atoms with Crippen molar-refractivity contribution in [1.82, 2.24) is 4.57 Å². The molecule has 3 aromatic carbocycles. The van der Waals surface area contributed by atoms with Crippen LogP contribution in [-0.2, 0) is 0 Å². The van der Waals surface area contributed by atoms with E-state index in [-0.39, 0.29) is 5.69 Å². The fraction of sp³-hybridized carbons (Fsp3) is 0.0800. The number of rotatable bonds is 6. The Bertz CT molecular complexity index is 1280. The minimum atomic E-state index is -0.395. The highest BCUT2D eigenvalue weighted by Gasteiger charge is 2.09. The summed E-state index contributed by atoms with van der Waals surface area (Å²) in [7, 11) is 0. The van der Waals surface area contributed by atoms with Crippen LogP contribution >= 0.6 is 23.4 Å². The lowest BCUT2D eigenvalue weighted by atomic mass is 10.2. The van der Waals surface area contributed by atoms with Gasteiger partial charge in [-0.15, -0.1) is 0 Å². The number of hydrogen-bond donors (Lipinski definition) is 0. The molecule has 0 fully saturated rings. The number of benzene rings is 3. The summed E-state index contributed by atoms with van der Waals surface area (Å²) in [5, 5.41) is 11.5. The first kappa shape index (κ1) is 21.9. The molecular formula is C25H20ClN3O2S. The summed E-state index contributed by atoms with van der Waals surface area (Å²) in [5.41, 5.74) is 5.31. The van der Waals surface area contributed by atoms with Gasteiger partial charge >= 0.3 is 0 Å². The van der Waals surface area contributed by atoms with Gasteiger partial charge in [0, 0.05) is 55.8 Å². The van der Waals surface area contributed by atoms with Crippen molar-refractivity contribution in [3.05, 3.63) is 111 Å². The largest absolute Gasteiger partial charge is 0.318 e. The van der Waals surface area contributed by atoms with E-state index in [0.717, 1.165) is 38.1 Å². The van der Waals surface area contributed by atoms with Crippen molar-refractivity contribution in [2.75, 3.05) is 0 Å². The molecule has 0 unspecified atom stereocenters. The van der Waals surface area contributed by atoms with Gasteiger partial charge in [-0.05, 0) is 80.6 Å². The van der Waals surface area contributed by atoms with Crippen molar-refractivity contribution >= 4 is 41.0 Å². The van der Waals surface area contributed by atoms with Crippen LogP contribution in [0.15, 0.2) is 93.6 Å². The first-order chi connectivity index (χ1) is 15.4. The average Bonchev–Trinajstić information content (AvgIpc) is 3.07. The number of nitro benzene ring substituents is 1. The normalized spacial score (nSPS) is 11.2. The number of hydrogen-bond acceptors (Lipinski definition) is 4. The van der Waals surface area contributed by atoms with Gasteiger partial charge in [-0.3, -0.25) is 15.1 Å². The molecule has 4 rings (SSSR count). The number of nitrogens with zero attached hydrogens (tertiary/aromatic N) is 3. The first-order valence-corrected chi connectivity index (χ1v) is 11.1. The van der Waals surface area contributed by atoms with Crippen molar-refractivity contribution in [1.29, 1.82) is 0 Å². The van der Waals surface area contributed by atoms with Crippen LogP contribution in [0.5, 0.6) is 0 Å². The van der Waals surface area contributed by atoms with Gasteiger partial charge in [0.1, 0.15) is 0 Å². The van der Waals surface area contributed by atoms with Crippen LogP contribution in [0.4, 0.5) is 11.4 Å². The van der Waals surface area contributed by atoms with Gasteiger partial charge in [-0.2, -0.15) is 0 Å². The first-order valence-electron chi connectivity index (χ1n) is 9.92. The Labute approximate surface area is 195 Å². The van der Waals surface area contributed by atoms with Gasteiger partial charge < -0.3 is 4.57 Å². The minimum absolute atomic E-state index is 0.0921. The summed E-state index contributed by atoms with van der Waals surface area (Å²) in [5.74, 6) is 0. The molecule has 0 spiro atoms. The summed E-state index contributed by atoms with van der Waals surface area (Å²) in [4.78, 5) is 17.0. The van der Waals surface area contributed by atoms with Crippen molar-refractivity contribution < 1.29 is 4.92 Å². The summed E-state index contributed by atoms with van der Waals surface area (Å²) in [6.45, 7) is 4.15. The molecular weight excluding hydrogens is 442 g/mol. The molecule has 4 aromatic rings. The molecule has 0 aliphatic rings. The number of aliphatic imine (C=N–C) groups is 1. The van der Waals surface area contributed by atoms with Crippen LogP contribution in [-0.4, -0.2) is 15.7 Å². The summed E-state index contributed by atoms with van der Waals surface area (Å²) in [6, 6.07) is 24.4. The second-order valence-corrected chi connectivity index (χ2v) is 8.83. The second kappa shape index (κ2) is 9.42. The van der Waals surface area contributed by atoms with Crippen molar-refractivity contribution in [2.45, 2.75) is 23.6 Å². The van der Waals surface area contributed by atoms with Gasteiger partial charge in [0.2, 0.25) is 0 Å². The zero-order valence-corrected chi connectivity index (χ0v) is 19.1. The molecule has 0 bridgehead atoms. The van der Waals surface area contributed by atoms with E-state index in [1.165, 1.54) is 12.1 Å². The number of halogens is 1. The van der Waals surface area contributed by atoms with Gasteiger partial charge in [0.25, 0.3) is 5.69 Å². The maximum atomic E-state index is 10.8. The Hall–Kier alpha value is -3.35. The van der Waals surface area contributed by atoms with E-state index in [9.17, 15) is 10.1 Å². The lowest BCUT2D eigenvalue weighted by Gasteiger charge is -2.09. The zero-order chi connectivity index (χ0) is 22.7. The second-order valence-electron chi connectivity index (χ2n) is 7.24. The molecule has 1 heterocycles. The van der Waals surface area contributed by atoms with Crippen LogP contribution < -0.4 is 0 Å². The van der Waals surface area contributed by atoms with E-state index in [0.29, 0.717) is 5.02 Å². The van der Waals surface area contributed by atoms with Crippen LogP contribution in [0.1, 0.15) is 17.0 Å². The van der Waals surface area contributed by atoms with Crippen molar-refractivity contribution in [3.8, 4) is 5.69 Å². The highest BCUT2D eigenvalue weighted by atomic mass is 35.5. The van der Waals surface area contributed by atoms with Gasteiger partial charge in [-0.1, -0.05) is 23.4 Å². The Kier molecular flexibility index (Phi) is 6.44. The Morgan fingerprint density at radius 2 is 1.53 bits per heavy atom. The summed E-state index contributed by atoms with van der Waals surface area (Å²) < 4.78 is 2.18. The lowest BCUT2D eigenvalue weighted by molar-refractivity contribution is -0.384. The predicted octanol–water partition coefficient (Wildman–Crippen LogP) is 7.56. The topological polar surface area (TPSA) is 60.4 Å². The lowest BCUT2D eigenvalue weighted by Crippen LogP contribution is -1.99. The molecule has 0 aliphatic carbocycles. The van der Waals surface area contributed by atoms with E-state index in [1.54, 1.807) is 23.9 Å². The highest BCUT2D eigenvalue weighted by Crippen LogP contribution is 2.30. The number of aromatic nitrogens is 1. The molecule has 32 heavy (non-hydrogen) atoms. The minimum Gasteiger partial charge on any atom is -0.318 e. The third-order valence-electron chi connectivity index (χ3n) is 5.03. The smallest absolute Gasteiger partial charge is 0.269 e. The molecule has 0 N–H and O–H groups in total. The maximum absolute atomic E-state index is 10.8. The Balaban J connectivity index is 1.48. The third-order valence-corrected chi connectivity index (χ3v) is 6.30. The molecule has 0 aliphatic heterocycles. The number of aryl methyl sites for hydroxylation is 1. The van der Waals surface area contributed by atoms with Crippen molar-refractivity contribution in [2.24, 2.45) is 4.99 Å². The van der Waals surface area contributed by atoms with Crippen LogP contribution in [0.2, 0.25) is 5.02 Å². The van der Waals surface area contributed by atoms with Crippen molar-refractivity contribution in [3.63, 3.8) is 0 Å². The van der Waals surface area contributed by atoms with Gasteiger partial charge in [0.05, 0.1) is 10.6 Å². The number of nitro groups is 1. The highest BCUT2D eigenvalue weighted by molar-refractivity contribution is 7.99. The predicted molar refractivity (Wildman–Crippen MR) is 131 cm³/mol. The Morgan fingerprint density at radius 3 is 2.12 bits per heavy atom. The standard InChI is InChI=1S/C25H20ClN3O2S/c1-17-15-19(18(2)28(17)22-7-3-20(26)4-8-22)16-27-21-5-11-24(12-6-21)32-25-13-9-23(10-14-25)29(30)31/h3-16H,1-2H3. The maximum Gasteiger partial charge on any atom is 0.269 e. The zero-order valence-electron chi connectivity index (χ0n) is 17.5. The molecule has 0 atom stereocenters. The van der Waals surface area contributed by atoms with E-state index >= 15 is 0 Å². The molecule has 0 saturated heterocycles. The molecule has 0 radical (unpaired) electrons. The van der Waals surface area contributed by atoms with Crippen LogP contribution in [0.25, 0.3) is 5.69 Å². The SMILES string of the molecule is Cc1cc(C=Nc2ccc(Sc3ccc([N+](=O)[O-])cc3)cc2)c(C)n1-c1ccc(Cl)cc1. The van der Waals surface area contributed by atoms with Gasteiger partial charge in [-0.25, -0.2) is 0 Å². The quantitative estimate of drug-likeness (QED) is 0.169. The fourth-order valence-electron chi connectivity index (χ4n) is 3.42. The number of non-ortho nitro benzene ring substituents is 1. The van der Waals surface area contributed by atoms with E-state index in [2.05, 4.69) is 29.5 Å². The Morgan fingerprint density at radius 1 is 0.938 bits per heavy atom. The summed E-state index contributed by atoms with van der Waals surface area (Å²) >= 11 is 7.57. The molecule has 0 amide bonds. The third kappa shape index (κ3) is 4.93. The molecule has 7 heteroatoms. The average molecular weight is 462 g/mol. The monoisotopic (exact) mass is 461 g/mol. The van der Waals surface area contributed by atoms with E-state index < -0.39 is 4.92 Å². The van der Waals surface area contributed by atoms with E-state index in [4.69, 9.17) is 11.6 Å².